The monoisotopic (exact) mass is 256 g/mol. The summed E-state index contributed by atoms with van der Waals surface area (Å²) in [5.41, 5.74) is 0. The highest BCUT2D eigenvalue weighted by atomic mass is 32.2. The Morgan fingerprint density at radius 2 is 2.29 bits per heavy atom. The Balaban J connectivity index is 2.10. The van der Waals surface area contributed by atoms with E-state index in [0.717, 1.165) is 19.3 Å². The molecule has 3 unspecified atom stereocenters. The van der Waals surface area contributed by atoms with Crippen molar-refractivity contribution in [2.24, 2.45) is 18.9 Å². The van der Waals surface area contributed by atoms with E-state index in [-0.39, 0.29) is 11.2 Å². The maximum absolute atomic E-state index is 11.2. The van der Waals surface area contributed by atoms with E-state index in [1.54, 1.807) is 11.7 Å². The molecule has 1 aromatic rings. The molecule has 1 fully saturated rings. The molecular weight excluding hydrogens is 240 g/mol. The minimum absolute atomic E-state index is 0.0703. The van der Waals surface area contributed by atoms with Gasteiger partial charge in [0.05, 0.1) is 5.92 Å². The molecule has 1 N–H and O–H groups in total. The molecule has 0 aromatic carbocycles. The topological polar surface area (TPSA) is 80.9 Å². The average molecular weight is 256 g/mol. The van der Waals surface area contributed by atoms with Crippen molar-refractivity contribution in [3.63, 3.8) is 0 Å². The van der Waals surface area contributed by atoms with Crippen molar-refractivity contribution >= 4 is 17.7 Å². The van der Waals surface area contributed by atoms with E-state index >= 15 is 0 Å². The molecule has 1 aromatic heterocycles. The third-order valence-corrected chi connectivity index (χ3v) is 4.59. The summed E-state index contributed by atoms with van der Waals surface area (Å²) in [4.78, 5) is 11.2. The van der Waals surface area contributed by atoms with Gasteiger partial charge in [-0.05, 0) is 35.6 Å². The van der Waals surface area contributed by atoms with Gasteiger partial charge in [-0.3, -0.25) is 4.79 Å². The average Bonchev–Trinajstić information content (AvgIpc) is 2.64. The highest BCUT2D eigenvalue weighted by Gasteiger charge is 2.35. The van der Waals surface area contributed by atoms with Crippen molar-refractivity contribution in [1.82, 2.24) is 20.2 Å². The molecular formula is C10H16N4O2S. The first-order valence-electron chi connectivity index (χ1n) is 5.69. The first-order chi connectivity index (χ1) is 8.08. The Labute approximate surface area is 104 Å². The molecule has 0 bridgehead atoms. The lowest BCUT2D eigenvalue weighted by molar-refractivity contribution is -0.142. The number of carboxylic acid groups (broad SMARTS) is 1. The Morgan fingerprint density at radius 1 is 1.53 bits per heavy atom. The van der Waals surface area contributed by atoms with Gasteiger partial charge in [-0.25, -0.2) is 4.68 Å². The number of tetrazole rings is 1. The normalized spacial score (nSPS) is 29.2. The number of thioether (sulfide) groups is 1. The molecule has 0 saturated heterocycles. The zero-order valence-corrected chi connectivity index (χ0v) is 10.7. The van der Waals surface area contributed by atoms with Gasteiger partial charge in [0.25, 0.3) is 0 Å². The molecule has 2 rings (SSSR count). The third kappa shape index (κ3) is 2.77. The molecule has 1 aliphatic carbocycles. The van der Waals surface area contributed by atoms with Crippen molar-refractivity contribution in [3.05, 3.63) is 0 Å². The molecule has 6 nitrogen and oxygen atoms in total. The van der Waals surface area contributed by atoms with Crippen LogP contribution in [-0.4, -0.2) is 36.5 Å². The molecule has 1 heterocycles. The lowest BCUT2D eigenvalue weighted by Crippen LogP contribution is -2.32. The Hall–Kier alpha value is -1.11. The summed E-state index contributed by atoms with van der Waals surface area (Å²) in [5, 5.41) is 21.2. The number of hydrogen-bond acceptors (Lipinski definition) is 5. The van der Waals surface area contributed by atoms with E-state index < -0.39 is 5.97 Å². The fourth-order valence-corrected chi connectivity index (χ4v) is 3.58. The van der Waals surface area contributed by atoms with E-state index in [2.05, 4.69) is 22.4 Å². The zero-order valence-electron chi connectivity index (χ0n) is 9.91. The van der Waals surface area contributed by atoms with Gasteiger partial charge in [-0.1, -0.05) is 18.7 Å². The SMILES string of the molecule is CC1CCC(C(=O)O)C(Sc2nnnn2C)C1. The number of rotatable bonds is 3. The van der Waals surface area contributed by atoms with Gasteiger partial charge in [-0.2, -0.15) is 0 Å². The molecule has 1 aliphatic rings. The second kappa shape index (κ2) is 5.03. The molecule has 0 spiro atoms. The van der Waals surface area contributed by atoms with E-state index in [1.807, 2.05) is 0 Å². The number of aromatic nitrogens is 4. The summed E-state index contributed by atoms with van der Waals surface area (Å²) in [7, 11) is 1.77. The lowest BCUT2D eigenvalue weighted by Gasteiger charge is -2.31. The molecule has 1 saturated carbocycles. The van der Waals surface area contributed by atoms with Gasteiger partial charge < -0.3 is 5.11 Å². The van der Waals surface area contributed by atoms with E-state index in [4.69, 9.17) is 0 Å². The summed E-state index contributed by atoms with van der Waals surface area (Å²) >= 11 is 1.48. The van der Waals surface area contributed by atoms with Crippen LogP contribution in [0.4, 0.5) is 0 Å². The van der Waals surface area contributed by atoms with E-state index in [9.17, 15) is 9.90 Å². The lowest BCUT2D eigenvalue weighted by atomic mass is 9.82. The molecule has 3 atom stereocenters. The van der Waals surface area contributed by atoms with Gasteiger partial charge in [0.1, 0.15) is 0 Å². The number of aryl methyl sites for hydroxylation is 1. The second-order valence-electron chi connectivity index (χ2n) is 4.60. The van der Waals surface area contributed by atoms with Crippen molar-refractivity contribution in [2.45, 2.75) is 36.6 Å². The fourth-order valence-electron chi connectivity index (χ4n) is 2.20. The first-order valence-corrected chi connectivity index (χ1v) is 6.57. The largest absolute Gasteiger partial charge is 0.481 e. The van der Waals surface area contributed by atoms with Crippen LogP contribution >= 0.6 is 11.8 Å². The summed E-state index contributed by atoms with van der Waals surface area (Å²) in [6.45, 7) is 2.17. The van der Waals surface area contributed by atoms with Crippen LogP contribution in [0.25, 0.3) is 0 Å². The van der Waals surface area contributed by atoms with E-state index in [0.29, 0.717) is 11.1 Å². The summed E-state index contributed by atoms with van der Waals surface area (Å²) < 4.78 is 1.59. The van der Waals surface area contributed by atoms with Gasteiger partial charge in [-0.15, -0.1) is 5.10 Å². The van der Waals surface area contributed by atoms with Crippen LogP contribution in [0.15, 0.2) is 5.16 Å². The Kier molecular flexibility index (Phi) is 3.66. The summed E-state index contributed by atoms with van der Waals surface area (Å²) in [6.07, 6.45) is 2.65. The minimum Gasteiger partial charge on any atom is -0.481 e. The number of carboxylic acids is 1. The Bertz CT molecular complexity index is 409. The third-order valence-electron chi connectivity index (χ3n) is 3.21. The minimum atomic E-state index is -0.704. The van der Waals surface area contributed by atoms with Crippen LogP contribution in [-0.2, 0) is 11.8 Å². The van der Waals surface area contributed by atoms with Gasteiger partial charge >= 0.3 is 5.97 Å². The van der Waals surface area contributed by atoms with Gasteiger partial charge in [0, 0.05) is 12.3 Å². The fraction of sp³-hybridized carbons (Fsp3) is 0.800. The molecule has 17 heavy (non-hydrogen) atoms. The van der Waals surface area contributed by atoms with Crippen LogP contribution in [0, 0.1) is 11.8 Å². The van der Waals surface area contributed by atoms with Crippen LogP contribution in [0.3, 0.4) is 0 Å². The second-order valence-corrected chi connectivity index (χ2v) is 5.81. The van der Waals surface area contributed by atoms with Gasteiger partial charge in [0.2, 0.25) is 5.16 Å². The van der Waals surface area contributed by atoms with Crippen LogP contribution < -0.4 is 0 Å². The van der Waals surface area contributed by atoms with Crippen LogP contribution in [0.2, 0.25) is 0 Å². The summed E-state index contributed by atoms with van der Waals surface area (Å²) in [5.74, 6) is -0.415. The van der Waals surface area contributed by atoms with Crippen LogP contribution in [0.5, 0.6) is 0 Å². The standard InChI is InChI=1S/C10H16N4O2S/c1-6-3-4-7(9(15)16)8(5-6)17-10-11-12-13-14(10)2/h6-8H,3-5H2,1-2H3,(H,15,16). The summed E-state index contributed by atoms with van der Waals surface area (Å²) in [6, 6.07) is 0. The maximum atomic E-state index is 11.2. The molecule has 0 amide bonds. The molecule has 7 heteroatoms. The smallest absolute Gasteiger partial charge is 0.307 e. The molecule has 94 valence electrons. The Morgan fingerprint density at radius 3 is 2.88 bits per heavy atom. The van der Waals surface area contributed by atoms with Crippen molar-refractivity contribution in [1.29, 1.82) is 0 Å². The predicted octanol–water partition coefficient (Wildman–Crippen LogP) is 1.19. The maximum Gasteiger partial charge on any atom is 0.307 e. The quantitative estimate of drug-likeness (QED) is 0.875. The van der Waals surface area contributed by atoms with Gasteiger partial charge in [0.15, 0.2) is 0 Å². The number of aliphatic carboxylic acids is 1. The zero-order chi connectivity index (χ0) is 12.4. The number of hydrogen-bond donors (Lipinski definition) is 1. The number of nitrogens with zero attached hydrogens (tertiary/aromatic N) is 4. The molecule has 0 aliphatic heterocycles. The van der Waals surface area contributed by atoms with Crippen molar-refractivity contribution in [3.8, 4) is 0 Å². The van der Waals surface area contributed by atoms with Crippen molar-refractivity contribution < 1.29 is 9.90 Å². The first kappa shape index (κ1) is 12.3. The van der Waals surface area contributed by atoms with Crippen LogP contribution in [0.1, 0.15) is 26.2 Å². The highest BCUT2D eigenvalue weighted by molar-refractivity contribution is 7.99. The van der Waals surface area contributed by atoms with Crippen molar-refractivity contribution in [2.75, 3.05) is 0 Å². The predicted molar refractivity (Wildman–Crippen MR) is 62.6 cm³/mol. The highest BCUT2D eigenvalue weighted by Crippen LogP contribution is 2.38. The molecule has 0 radical (unpaired) electrons. The van der Waals surface area contributed by atoms with E-state index in [1.165, 1.54) is 11.8 Å². The number of carbonyl (C=O) groups is 1.